The smallest absolute Gasteiger partial charge is 0.321 e. The second-order valence-electron chi connectivity index (χ2n) is 5.49. The summed E-state index contributed by atoms with van der Waals surface area (Å²) in [6.07, 6.45) is 3.34. The highest BCUT2D eigenvalue weighted by Crippen LogP contribution is 2.13. The summed E-state index contributed by atoms with van der Waals surface area (Å²) in [4.78, 5) is 13.4. The van der Waals surface area contributed by atoms with E-state index in [2.05, 4.69) is 15.6 Å². The topological polar surface area (TPSA) is 83.3 Å². The van der Waals surface area contributed by atoms with Crippen molar-refractivity contribution in [3.63, 3.8) is 0 Å². The number of carbonyl (C=O) groups is 1. The minimum atomic E-state index is -0.928. The van der Waals surface area contributed by atoms with Crippen molar-refractivity contribution in [2.45, 2.75) is 19.4 Å². The number of aliphatic hydroxyl groups is 1. The van der Waals surface area contributed by atoms with Crippen molar-refractivity contribution in [3.8, 4) is 5.69 Å². The van der Waals surface area contributed by atoms with Gasteiger partial charge in [-0.15, -0.1) is 5.10 Å². The Balaban J connectivity index is 1.99. The first-order chi connectivity index (χ1) is 9.85. The Morgan fingerprint density at radius 1 is 1.38 bits per heavy atom. The first-order valence-electron chi connectivity index (χ1n) is 6.56. The van der Waals surface area contributed by atoms with Crippen molar-refractivity contribution in [2.75, 3.05) is 18.9 Å². The van der Waals surface area contributed by atoms with Gasteiger partial charge in [0.05, 0.1) is 30.2 Å². The molecule has 0 unspecified atom stereocenters. The number of aromatic nitrogens is 3. The minimum Gasteiger partial charge on any atom is -0.389 e. The highest BCUT2D eigenvalue weighted by molar-refractivity contribution is 5.89. The Labute approximate surface area is 123 Å². The van der Waals surface area contributed by atoms with Crippen LogP contribution in [0, 0.1) is 0 Å². The zero-order chi connectivity index (χ0) is 15.5. The number of urea groups is 1. The van der Waals surface area contributed by atoms with E-state index in [1.165, 1.54) is 4.90 Å². The number of nitrogens with one attached hydrogen (secondary N) is 1. The molecule has 21 heavy (non-hydrogen) atoms. The van der Waals surface area contributed by atoms with Crippen molar-refractivity contribution in [1.82, 2.24) is 19.9 Å². The van der Waals surface area contributed by atoms with E-state index in [1.54, 1.807) is 50.1 Å². The molecule has 2 N–H and O–H groups in total. The van der Waals surface area contributed by atoms with Crippen LogP contribution < -0.4 is 5.32 Å². The lowest BCUT2D eigenvalue weighted by molar-refractivity contribution is 0.0550. The SMILES string of the molecule is CN(CC(C)(C)O)C(=O)Nc1ccc(-n2ccnn2)cc1. The van der Waals surface area contributed by atoms with Crippen LogP contribution in [-0.4, -0.2) is 50.2 Å². The fraction of sp³-hybridized carbons (Fsp3) is 0.357. The number of anilines is 1. The summed E-state index contributed by atoms with van der Waals surface area (Å²) in [5.41, 5.74) is 0.602. The van der Waals surface area contributed by atoms with Gasteiger partial charge >= 0.3 is 6.03 Å². The quantitative estimate of drug-likeness (QED) is 0.893. The van der Waals surface area contributed by atoms with Crippen molar-refractivity contribution in [3.05, 3.63) is 36.7 Å². The summed E-state index contributed by atoms with van der Waals surface area (Å²) in [7, 11) is 1.64. The van der Waals surface area contributed by atoms with E-state index in [0.717, 1.165) is 5.69 Å². The van der Waals surface area contributed by atoms with Crippen molar-refractivity contribution in [2.24, 2.45) is 0 Å². The molecule has 2 aromatic rings. The molecule has 2 amide bonds. The number of hydrogen-bond acceptors (Lipinski definition) is 4. The fourth-order valence-corrected chi connectivity index (χ4v) is 1.91. The largest absolute Gasteiger partial charge is 0.389 e. The van der Waals surface area contributed by atoms with Crippen LogP contribution in [0.5, 0.6) is 0 Å². The molecule has 1 aromatic heterocycles. The van der Waals surface area contributed by atoms with Crippen LogP contribution in [0.2, 0.25) is 0 Å². The minimum absolute atomic E-state index is 0.246. The van der Waals surface area contributed by atoms with E-state index in [4.69, 9.17) is 0 Å². The monoisotopic (exact) mass is 289 g/mol. The standard InChI is InChI=1S/C14H19N5O2/c1-14(2,21)10-18(3)13(20)16-11-4-6-12(7-5-11)19-9-8-15-17-19/h4-9,21H,10H2,1-3H3,(H,16,20). The molecule has 0 spiro atoms. The Kier molecular flexibility index (Phi) is 4.23. The lowest BCUT2D eigenvalue weighted by atomic mass is 10.1. The van der Waals surface area contributed by atoms with Gasteiger partial charge in [-0.1, -0.05) is 5.21 Å². The number of hydrogen-bond donors (Lipinski definition) is 2. The molecule has 0 aliphatic carbocycles. The van der Waals surface area contributed by atoms with E-state index in [0.29, 0.717) is 5.69 Å². The molecule has 0 fully saturated rings. The van der Waals surface area contributed by atoms with Gasteiger partial charge in [0, 0.05) is 12.7 Å². The van der Waals surface area contributed by atoms with Gasteiger partial charge in [0.1, 0.15) is 0 Å². The molecular weight excluding hydrogens is 270 g/mol. The molecule has 7 nitrogen and oxygen atoms in total. The number of benzene rings is 1. The maximum atomic E-state index is 12.0. The van der Waals surface area contributed by atoms with Gasteiger partial charge < -0.3 is 15.3 Å². The number of rotatable bonds is 4. The zero-order valence-electron chi connectivity index (χ0n) is 12.3. The lowest BCUT2D eigenvalue weighted by Crippen LogP contribution is -2.41. The molecule has 0 atom stereocenters. The predicted octanol–water partition coefficient (Wildman–Crippen LogP) is 1.50. The van der Waals surface area contributed by atoms with Gasteiger partial charge in [-0.2, -0.15) is 0 Å². The second kappa shape index (κ2) is 5.92. The summed E-state index contributed by atoms with van der Waals surface area (Å²) in [6.45, 7) is 3.56. The normalized spacial score (nSPS) is 11.2. The number of nitrogens with zero attached hydrogens (tertiary/aromatic N) is 4. The van der Waals surface area contributed by atoms with Crippen LogP contribution in [0.4, 0.5) is 10.5 Å². The maximum absolute atomic E-state index is 12.0. The molecule has 0 aliphatic heterocycles. The molecule has 0 saturated heterocycles. The lowest BCUT2D eigenvalue weighted by Gasteiger charge is -2.25. The molecule has 1 heterocycles. The Hall–Kier alpha value is -2.41. The molecular formula is C14H19N5O2. The molecule has 0 bridgehead atoms. The summed E-state index contributed by atoms with van der Waals surface area (Å²) >= 11 is 0. The van der Waals surface area contributed by atoms with E-state index in [1.807, 2.05) is 12.1 Å². The van der Waals surface area contributed by atoms with Crippen molar-refractivity contribution in [1.29, 1.82) is 0 Å². The first-order valence-corrected chi connectivity index (χ1v) is 6.56. The van der Waals surface area contributed by atoms with Crippen molar-refractivity contribution >= 4 is 11.7 Å². The first kappa shape index (κ1) is 15.0. The van der Waals surface area contributed by atoms with Gasteiger partial charge in [-0.05, 0) is 38.1 Å². The second-order valence-corrected chi connectivity index (χ2v) is 5.49. The van der Waals surface area contributed by atoms with Crippen molar-refractivity contribution < 1.29 is 9.90 Å². The van der Waals surface area contributed by atoms with E-state index < -0.39 is 5.60 Å². The Bertz CT molecular complexity index is 587. The molecule has 0 radical (unpaired) electrons. The summed E-state index contributed by atoms with van der Waals surface area (Å²) in [5, 5.41) is 20.1. The number of carbonyl (C=O) groups excluding carboxylic acids is 1. The third-order valence-corrected chi connectivity index (χ3v) is 2.78. The Morgan fingerprint density at radius 2 is 2.05 bits per heavy atom. The van der Waals surface area contributed by atoms with Crippen LogP contribution in [0.25, 0.3) is 5.69 Å². The average molecular weight is 289 g/mol. The average Bonchev–Trinajstić information content (AvgIpc) is 2.91. The van der Waals surface area contributed by atoms with Gasteiger partial charge in [-0.3, -0.25) is 0 Å². The van der Waals surface area contributed by atoms with Crippen LogP contribution >= 0.6 is 0 Å². The molecule has 7 heteroatoms. The van der Waals surface area contributed by atoms with Gasteiger partial charge in [0.2, 0.25) is 0 Å². The van der Waals surface area contributed by atoms with Gasteiger partial charge in [-0.25, -0.2) is 9.48 Å². The molecule has 2 rings (SSSR count). The maximum Gasteiger partial charge on any atom is 0.321 e. The van der Waals surface area contributed by atoms with Crippen LogP contribution in [0.15, 0.2) is 36.7 Å². The van der Waals surface area contributed by atoms with E-state index in [-0.39, 0.29) is 12.6 Å². The number of likely N-dealkylation sites (N-methyl/N-ethyl adjacent to an activating group) is 1. The Morgan fingerprint density at radius 3 is 2.57 bits per heavy atom. The zero-order valence-corrected chi connectivity index (χ0v) is 12.3. The highest BCUT2D eigenvalue weighted by Gasteiger charge is 2.19. The molecule has 0 aliphatic rings. The van der Waals surface area contributed by atoms with Gasteiger partial charge in [0.15, 0.2) is 0 Å². The molecule has 1 aromatic carbocycles. The summed E-state index contributed by atoms with van der Waals surface area (Å²) in [5.74, 6) is 0. The van der Waals surface area contributed by atoms with Crippen LogP contribution in [0.1, 0.15) is 13.8 Å². The highest BCUT2D eigenvalue weighted by atomic mass is 16.3. The molecule has 0 saturated carbocycles. The van der Waals surface area contributed by atoms with Crippen LogP contribution in [-0.2, 0) is 0 Å². The van der Waals surface area contributed by atoms with E-state index in [9.17, 15) is 9.90 Å². The third-order valence-electron chi connectivity index (χ3n) is 2.78. The van der Waals surface area contributed by atoms with Crippen LogP contribution in [0.3, 0.4) is 0 Å². The van der Waals surface area contributed by atoms with Gasteiger partial charge in [0.25, 0.3) is 0 Å². The predicted molar refractivity (Wildman–Crippen MR) is 79.3 cm³/mol. The fourth-order valence-electron chi connectivity index (χ4n) is 1.91. The molecule has 112 valence electrons. The third kappa shape index (κ3) is 4.28. The number of amides is 2. The van der Waals surface area contributed by atoms with E-state index >= 15 is 0 Å². The summed E-state index contributed by atoms with van der Waals surface area (Å²) in [6, 6.07) is 6.96. The summed E-state index contributed by atoms with van der Waals surface area (Å²) < 4.78 is 1.63.